The van der Waals surface area contributed by atoms with Gasteiger partial charge in [-0.2, -0.15) is 0 Å². The first-order chi connectivity index (χ1) is 6.60. The summed E-state index contributed by atoms with van der Waals surface area (Å²) in [6, 6.07) is 1.95. The molecule has 0 atom stereocenters. The van der Waals surface area contributed by atoms with Gasteiger partial charge in [-0.25, -0.2) is 4.39 Å². The van der Waals surface area contributed by atoms with E-state index in [2.05, 4.69) is 4.74 Å². The van der Waals surface area contributed by atoms with E-state index in [-0.39, 0.29) is 17.9 Å². The Morgan fingerprint density at radius 1 is 1.64 bits per heavy atom. The minimum atomic E-state index is -0.724. The van der Waals surface area contributed by atoms with Crippen molar-refractivity contribution < 1.29 is 19.0 Å². The summed E-state index contributed by atoms with van der Waals surface area (Å²) in [5.41, 5.74) is 5.07. The number of hydrogen-bond acceptors (Lipinski definition) is 4. The molecule has 1 aromatic rings. The van der Waals surface area contributed by atoms with Crippen LogP contribution in [0.3, 0.4) is 0 Å². The third-order valence-electron chi connectivity index (χ3n) is 1.76. The maximum atomic E-state index is 13.0. The van der Waals surface area contributed by atoms with Crippen LogP contribution in [0.4, 0.5) is 4.39 Å². The van der Waals surface area contributed by atoms with Crippen molar-refractivity contribution in [2.45, 2.75) is 0 Å². The maximum absolute atomic E-state index is 13.0. The minimum Gasteiger partial charge on any atom is -0.507 e. The zero-order valence-corrected chi connectivity index (χ0v) is 7.58. The van der Waals surface area contributed by atoms with Gasteiger partial charge in [0.05, 0.1) is 19.2 Å². The number of carbonyl (C=O) groups is 1. The van der Waals surface area contributed by atoms with Gasteiger partial charge >= 0.3 is 0 Å². The number of phenolic OH excluding ortho intramolecular Hbond substituents is 1. The first-order valence-corrected chi connectivity index (χ1v) is 3.90. The number of nitrogens with two attached hydrogens (primary N) is 1. The molecule has 0 aliphatic carbocycles. The van der Waals surface area contributed by atoms with Gasteiger partial charge in [-0.1, -0.05) is 0 Å². The Labute approximate surface area is 80.1 Å². The van der Waals surface area contributed by atoms with Gasteiger partial charge in [0, 0.05) is 6.07 Å². The molecule has 5 heteroatoms. The second kappa shape index (κ2) is 4.06. The lowest BCUT2D eigenvalue weighted by Gasteiger charge is -2.06. The van der Waals surface area contributed by atoms with Crippen LogP contribution in [0.15, 0.2) is 12.1 Å². The number of Topliss-reactive ketones (excluding diaryl/α,β-unsaturated/α-hetero) is 1. The number of ether oxygens (including phenoxy) is 1. The SMILES string of the molecule is COc1cc(C(=O)CN)c(O)cc1F. The van der Waals surface area contributed by atoms with Gasteiger partial charge in [-0.15, -0.1) is 0 Å². The van der Waals surface area contributed by atoms with Crippen molar-refractivity contribution in [1.82, 2.24) is 0 Å². The molecule has 0 saturated carbocycles. The summed E-state index contributed by atoms with van der Waals surface area (Å²) >= 11 is 0. The molecule has 0 radical (unpaired) electrons. The second-order valence-corrected chi connectivity index (χ2v) is 2.63. The van der Waals surface area contributed by atoms with Crippen LogP contribution in [0.2, 0.25) is 0 Å². The van der Waals surface area contributed by atoms with Gasteiger partial charge in [0.15, 0.2) is 17.3 Å². The number of halogens is 1. The highest BCUT2D eigenvalue weighted by Gasteiger charge is 2.14. The van der Waals surface area contributed by atoms with E-state index in [1.54, 1.807) is 0 Å². The van der Waals surface area contributed by atoms with Crippen molar-refractivity contribution in [3.05, 3.63) is 23.5 Å². The van der Waals surface area contributed by atoms with E-state index in [0.29, 0.717) is 0 Å². The van der Waals surface area contributed by atoms with Crippen LogP contribution in [0.5, 0.6) is 11.5 Å². The Bertz CT molecular complexity index is 365. The average molecular weight is 199 g/mol. The summed E-state index contributed by atoms with van der Waals surface area (Å²) in [6.45, 7) is -0.248. The molecule has 0 aromatic heterocycles. The number of aromatic hydroxyl groups is 1. The monoisotopic (exact) mass is 199 g/mol. The van der Waals surface area contributed by atoms with Crippen LogP contribution in [0.25, 0.3) is 0 Å². The molecule has 0 bridgehead atoms. The predicted molar refractivity (Wildman–Crippen MR) is 48.0 cm³/mol. The summed E-state index contributed by atoms with van der Waals surface area (Å²) in [7, 11) is 1.27. The highest BCUT2D eigenvalue weighted by molar-refractivity contribution is 6.00. The van der Waals surface area contributed by atoms with E-state index in [0.717, 1.165) is 12.1 Å². The molecule has 76 valence electrons. The third kappa shape index (κ3) is 1.82. The molecule has 0 amide bonds. The van der Waals surface area contributed by atoms with Crippen LogP contribution < -0.4 is 10.5 Å². The van der Waals surface area contributed by atoms with Gasteiger partial charge in [-0.05, 0) is 6.07 Å². The van der Waals surface area contributed by atoms with Crippen molar-refractivity contribution in [2.24, 2.45) is 5.73 Å². The molecule has 0 aliphatic rings. The molecule has 0 spiro atoms. The first kappa shape index (κ1) is 10.5. The van der Waals surface area contributed by atoms with Crippen LogP contribution >= 0.6 is 0 Å². The molecule has 0 heterocycles. The van der Waals surface area contributed by atoms with Crippen molar-refractivity contribution >= 4 is 5.78 Å². The molecule has 0 fully saturated rings. The summed E-state index contributed by atoms with van der Waals surface area (Å²) in [6.07, 6.45) is 0. The molecule has 1 aromatic carbocycles. The number of methoxy groups -OCH3 is 1. The van der Waals surface area contributed by atoms with E-state index in [1.165, 1.54) is 7.11 Å². The normalized spacial score (nSPS) is 9.93. The summed E-state index contributed by atoms with van der Waals surface area (Å²) in [5, 5.41) is 9.24. The van der Waals surface area contributed by atoms with E-state index in [1.807, 2.05) is 0 Å². The van der Waals surface area contributed by atoms with E-state index >= 15 is 0 Å². The van der Waals surface area contributed by atoms with Gasteiger partial charge in [0.2, 0.25) is 0 Å². The highest BCUT2D eigenvalue weighted by Crippen LogP contribution is 2.26. The zero-order valence-electron chi connectivity index (χ0n) is 7.58. The maximum Gasteiger partial charge on any atom is 0.180 e. The van der Waals surface area contributed by atoms with Crippen LogP contribution in [0.1, 0.15) is 10.4 Å². The molecule has 14 heavy (non-hydrogen) atoms. The summed E-state index contributed by atoms with van der Waals surface area (Å²) < 4.78 is 17.6. The lowest BCUT2D eigenvalue weighted by Crippen LogP contribution is -2.14. The molecule has 0 saturated heterocycles. The fourth-order valence-electron chi connectivity index (χ4n) is 1.03. The Kier molecular flexibility index (Phi) is 3.03. The van der Waals surface area contributed by atoms with Gasteiger partial charge in [0.1, 0.15) is 5.75 Å². The Morgan fingerprint density at radius 3 is 2.79 bits per heavy atom. The topological polar surface area (TPSA) is 72.5 Å². The lowest BCUT2D eigenvalue weighted by molar-refractivity contribution is 0.0998. The number of benzene rings is 1. The number of rotatable bonds is 3. The smallest absolute Gasteiger partial charge is 0.180 e. The van der Waals surface area contributed by atoms with Gasteiger partial charge in [0.25, 0.3) is 0 Å². The number of carbonyl (C=O) groups excluding carboxylic acids is 1. The van der Waals surface area contributed by atoms with Crippen molar-refractivity contribution in [3.63, 3.8) is 0 Å². The molecule has 3 N–H and O–H groups in total. The van der Waals surface area contributed by atoms with Crippen LogP contribution in [-0.4, -0.2) is 24.5 Å². The van der Waals surface area contributed by atoms with Crippen molar-refractivity contribution in [2.75, 3.05) is 13.7 Å². The average Bonchev–Trinajstić information content (AvgIpc) is 2.17. The standard InChI is InChI=1S/C9H10FNO3/c1-14-9-2-5(8(13)4-11)7(12)3-6(9)10/h2-3,12H,4,11H2,1H3. The van der Waals surface area contributed by atoms with Crippen LogP contribution in [-0.2, 0) is 0 Å². The third-order valence-corrected chi connectivity index (χ3v) is 1.76. The number of ketones is 1. The molecular formula is C9H10FNO3. The van der Waals surface area contributed by atoms with Crippen molar-refractivity contribution in [3.8, 4) is 11.5 Å². The summed E-state index contributed by atoms with van der Waals surface area (Å²) in [5.74, 6) is -1.72. The van der Waals surface area contributed by atoms with E-state index < -0.39 is 17.3 Å². The van der Waals surface area contributed by atoms with Crippen LogP contribution in [0, 0.1) is 5.82 Å². The fraction of sp³-hybridized carbons (Fsp3) is 0.222. The fourth-order valence-corrected chi connectivity index (χ4v) is 1.03. The second-order valence-electron chi connectivity index (χ2n) is 2.63. The van der Waals surface area contributed by atoms with Gasteiger partial charge < -0.3 is 15.6 Å². The molecule has 1 rings (SSSR count). The predicted octanol–water partition coefficient (Wildman–Crippen LogP) is 0.681. The van der Waals surface area contributed by atoms with Gasteiger partial charge in [-0.3, -0.25) is 4.79 Å². The van der Waals surface area contributed by atoms with E-state index in [9.17, 15) is 14.3 Å². The highest BCUT2D eigenvalue weighted by atomic mass is 19.1. The largest absolute Gasteiger partial charge is 0.507 e. The number of phenols is 1. The lowest BCUT2D eigenvalue weighted by atomic mass is 10.1. The Hall–Kier alpha value is -1.62. The van der Waals surface area contributed by atoms with E-state index in [4.69, 9.17) is 5.73 Å². The van der Waals surface area contributed by atoms with Crippen molar-refractivity contribution in [1.29, 1.82) is 0 Å². The zero-order chi connectivity index (χ0) is 10.7. The molecule has 0 aliphatic heterocycles. The number of hydrogen-bond donors (Lipinski definition) is 2. The minimum absolute atomic E-state index is 0.0363. The first-order valence-electron chi connectivity index (χ1n) is 3.90. The Balaban J connectivity index is 3.24. The Morgan fingerprint density at radius 2 is 2.29 bits per heavy atom. The molecule has 4 nitrogen and oxygen atoms in total. The molecular weight excluding hydrogens is 189 g/mol. The molecule has 0 unspecified atom stereocenters. The quantitative estimate of drug-likeness (QED) is 0.702. The summed E-state index contributed by atoms with van der Waals surface area (Å²) in [4.78, 5) is 11.2.